The Kier molecular flexibility index (Phi) is 17.9. The van der Waals surface area contributed by atoms with Crippen molar-refractivity contribution in [2.45, 2.75) is 0 Å². The summed E-state index contributed by atoms with van der Waals surface area (Å²) in [5.74, 6) is 0. The first-order chi connectivity index (χ1) is 68.4. The number of pyridine rings is 3. The fourth-order valence-electron chi connectivity index (χ4n) is 21.8. The molecule has 0 saturated carbocycles. The third-order valence-corrected chi connectivity index (χ3v) is 28.1. The minimum Gasteiger partial charge on any atom is -0.456 e. The molecule has 0 bridgehead atoms. The Balaban J connectivity index is 0.000000102. The van der Waals surface area contributed by atoms with Gasteiger partial charge in [-0.1, -0.05) is 303 Å². The highest BCUT2D eigenvalue weighted by Gasteiger charge is 2.25. The van der Waals surface area contributed by atoms with Gasteiger partial charge in [-0.25, -0.2) is 15.0 Å². The van der Waals surface area contributed by atoms with Crippen LogP contribution in [0.3, 0.4) is 0 Å². The summed E-state index contributed by atoms with van der Waals surface area (Å²) in [5, 5.41) is 24.7. The molecule has 0 aliphatic heterocycles. The van der Waals surface area contributed by atoms with Gasteiger partial charge in [0.2, 0.25) is 0 Å². The van der Waals surface area contributed by atoms with Crippen LogP contribution in [0.1, 0.15) is 0 Å². The van der Waals surface area contributed by atoms with Crippen molar-refractivity contribution in [3.8, 4) is 84.2 Å². The molecule has 9 aromatic heterocycles. The fraction of sp³-hybridized carbons (Fsp3) is 0. The van der Waals surface area contributed by atoms with Crippen LogP contribution in [0.25, 0.3) is 280 Å². The summed E-state index contributed by atoms with van der Waals surface area (Å²) in [6.45, 7) is 0. The normalized spacial score (nSPS) is 11.9. The number of para-hydroxylation sites is 9. The van der Waals surface area contributed by atoms with Crippen molar-refractivity contribution in [2.24, 2.45) is 0 Å². The number of hydrogen-bond donors (Lipinski definition) is 0. The molecule has 21 aromatic carbocycles. The van der Waals surface area contributed by atoms with Gasteiger partial charge in [0.05, 0.1) is 66.7 Å². The van der Waals surface area contributed by atoms with E-state index in [1.807, 2.05) is 24.3 Å². The largest absolute Gasteiger partial charge is 0.456 e. The van der Waals surface area contributed by atoms with Gasteiger partial charge in [0, 0.05) is 131 Å². The van der Waals surface area contributed by atoms with Crippen LogP contribution in [0.2, 0.25) is 0 Å². The Morgan fingerprint density at radius 2 is 0.420 bits per heavy atom. The molecule has 9 heterocycles. The van der Waals surface area contributed by atoms with Crippen molar-refractivity contribution in [3.05, 3.63) is 473 Å². The van der Waals surface area contributed by atoms with Crippen LogP contribution in [0.4, 0.5) is 0 Å². The van der Waals surface area contributed by atoms with Crippen LogP contribution in [-0.2, 0) is 0 Å². The molecule has 0 unspecified atom stereocenters. The van der Waals surface area contributed by atoms with E-state index in [4.69, 9.17) is 28.2 Å². The molecule has 9 nitrogen and oxygen atoms in total. The molecule has 9 heteroatoms. The highest BCUT2D eigenvalue weighted by molar-refractivity contribution is 6.22. The lowest BCUT2D eigenvalue weighted by molar-refractivity contribution is 0.668. The summed E-state index contributed by atoms with van der Waals surface area (Å²) >= 11 is 0. The van der Waals surface area contributed by atoms with E-state index in [2.05, 4.69) is 463 Å². The highest BCUT2D eigenvalue weighted by atomic mass is 16.3. The van der Waals surface area contributed by atoms with Crippen LogP contribution in [0.15, 0.2) is 486 Å². The number of aromatic nitrogens is 6. The molecule has 0 N–H and O–H groups in total. The van der Waals surface area contributed by atoms with Crippen molar-refractivity contribution in [1.82, 2.24) is 28.7 Å². The Morgan fingerprint density at radius 3 is 0.877 bits per heavy atom. The number of fused-ring (bicyclic) bond motifs is 27. The lowest BCUT2D eigenvalue weighted by atomic mass is 9.95. The third kappa shape index (κ3) is 12.7. The monoisotopic (exact) mass is 1760 g/mol. The molecule has 0 fully saturated rings. The molecule has 0 amide bonds. The van der Waals surface area contributed by atoms with Gasteiger partial charge in [0.15, 0.2) is 0 Å². The Labute approximate surface area is 790 Å². The van der Waals surface area contributed by atoms with E-state index in [9.17, 15) is 0 Å². The summed E-state index contributed by atoms with van der Waals surface area (Å²) in [5.41, 5.74) is 32.2. The van der Waals surface area contributed by atoms with Crippen LogP contribution >= 0.6 is 0 Å². The molecule has 0 saturated heterocycles. The molecule has 0 aliphatic carbocycles. The molecule has 0 radical (unpaired) electrons. The Hall–Kier alpha value is -18.6. The van der Waals surface area contributed by atoms with Gasteiger partial charge in [-0.3, -0.25) is 0 Å². The van der Waals surface area contributed by atoms with E-state index in [1.54, 1.807) is 0 Å². The first-order valence-electron chi connectivity index (χ1n) is 46.9. The van der Waals surface area contributed by atoms with E-state index in [-0.39, 0.29) is 0 Å². The maximum Gasteiger partial charge on any atom is 0.136 e. The van der Waals surface area contributed by atoms with Gasteiger partial charge in [0.1, 0.15) is 33.5 Å². The van der Waals surface area contributed by atoms with Crippen LogP contribution in [0, 0.1) is 0 Å². The molecule has 30 aromatic rings. The van der Waals surface area contributed by atoms with Gasteiger partial charge in [-0.05, 0) is 219 Å². The number of furan rings is 3. The maximum atomic E-state index is 6.45. The second-order valence-corrected chi connectivity index (χ2v) is 35.9. The minimum absolute atomic E-state index is 0.866. The Morgan fingerprint density at radius 1 is 0.145 bits per heavy atom. The van der Waals surface area contributed by atoms with Crippen LogP contribution < -0.4 is 0 Å². The SMILES string of the molecule is c1cc(-c2nc3ccccc3c3ccccc23)cc(-n2c3ccccc3c3cc(-c4ccc5oc6ccccc6c5c4)ccc32)c1.c1ccc(-n2c3ccc(-c4ccc5oc6ccccc6c5c4)cc3c3cc(-c4nc5ccccc5c5ccccc45)ccc32)cc1.c1ccc(-n2c3ccccc3c3cc(-c4ccc5oc6cccc(-c7nc8ccccc8c8ccccc78)c6c5c4)ccc32)cc1. The molecule has 642 valence electrons. The summed E-state index contributed by atoms with van der Waals surface area (Å²) in [7, 11) is 0. The van der Waals surface area contributed by atoms with Crippen molar-refractivity contribution >= 4 is 196 Å². The quantitative estimate of drug-likeness (QED) is 0.134. The lowest BCUT2D eigenvalue weighted by Gasteiger charge is -2.13. The molecule has 30 rings (SSSR count). The second-order valence-electron chi connectivity index (χ2n) is 35.9. The summed E-state index contributed by atoms with van der Waals surface area (Å²) in [6.07, 6.45) is 0. The van der Waals surface area contributed by atoms with E-state index >= 15 is 0 Å². The van der Waals surface area contributed by atoms with Crippen molar-refractivity contribution in [1.29, 1.82) is 0 Å². The predicted octanol–water partition coefficient (Wildman–Crippen LogP) is 35.2. The second kappa shape index (κ2) is 31.6. The topological polar surface area (TPSA) is 92.9 Å². The number of rotatable bonds is 9. The van der Waals surface area contributed by atoms with Gasteiger partial charge in [0.25, 0.3) is 0 Å². The molecular weight excluding hydrogens is 1680 g/mol. The average Bonchev–Trinajstić information content (AvgIpc) is 1.55. The molecule has 138 heavy (non-hydrogen) atoms. The summed E-state index contributed by atoms with van der Waals surface area (Å²) in [6, 6.07) is 168. The number of benzene rings is 21. The van der Waals surface area contributed by atoms with Crippen LogP contribution in [-0.4, -0.2) is 28.7 Å². The van der Waals surface area contributed by atoms with Gasteiger partial charge >= 0.3 is 0 Å². The number of hydrogen-bond acceptors (Lipinski definition) is 6. The van der Waals surface area contributed by atoms with Crippen molar-refractivity contribution < 1.29 is 13.3 Å². The fourth-order valence-corrected chi connectivity index (χ4v) is 21.8. The van der Waals surface area contributed by atoms with Gasteiger partial charge in [-0.15, -0.1) is 0 Å². The highest BCUT2D eigenvalue weighted by Crippen LogP contribution is 2.47. The zero-order valence-electron chi connectivity index (χ0n) is 74.4. The first kappa shape index (κ1) is 78.1. The lowest BCUT2D eigenvalue weighted by Crippen LogP contribution is -1.95. The van der Waals surface area contributed by atoms with Crippen molar-refractivity contribution in [2.75, 3.05) is 0 Å². The van der Waals surface area contributed by atoms with Gasteiger partial charge < -0.3 is 27.0 Å². The Bertz CT molecular complexity index is 10300. The number of nitrogens with zero attached hydrogens (tertiary/aromatic N) is 6. The van der Waals surface area contributed by atoms with Crippen LogP contribution in [0.5, 0.6) is 0 Å². The summed E-state index contributed by atoms with van der Waals surface area (Å²) in [4.78, 5) is 15.6. The third-order valence-electron chi connectivity index (χ3n) is 28.1. The molecule has 0 atom stereocenters. The summed E-state index contributed by atoms with van der Waals surface area (Å²) < 4.78 is 25.8. The van der Waals surface area contributed by atoms with E-state index in [0.717, 1.165) is 160 Å². The standard InChI is InChI=1S/3C43H26N2O/c1-2-16-35-31(12-1)32-13-3-6-17-38(32)44-43(35)29-10-9-11-30(24-29)45-39-18-7-4-14-33(39)36-25-27(20-22-40(36)45)28-21-23-42-37(26-28)34-15-5-8-19-41(34)46-42;1-2-11-29(12-3-1)45-38-19-9-7-15-32(38)35-25-27(21-23-39(35)45)28-22-24-40-36(26-28)42-34(17-10-20-41(42)46-40)43-33-16-5-4-13-30(33)31-14-6-8-18-37(31)44-43;1-2-10-30(11-3-1)45-39-21-18-27(28-20-23-42-37(25-28)33-14-7-9-17-41(33)46-42)24-35(39)36-26-29(19-22-40(36)45)43-34-15-5-4-12-31(34)32-13-6-8-16-38(32)44-43/h3*1-26H. The molecular formula is C129H78N6O3. The maximum absolute atomic E-state index is 6.45. The smallest absolute Gasteiger partial charge is 0.136 e. The van der Waals surface area contributed by atoms with E-state index < -0.39 is 0 Å². The molecule has 0 spiro atoms. The van der Waals surface area contributed by atoms with Crippen molar-refractivity contribution in [3.63, 3.8) is 0 Å². The van der Waals surface area contributed by atoms with Gasteiger partial charge in [-0.2, -0.15) is 0 Å². The zero-order chi connectivity index (χ0) is 90.6. The zero-order valence-corrected chi connectivity index (χ0v) is 74.4. The van der Waals surface area contributed by atoms with E-state index in [0.29, 0.717) is 0 Å². The predicted molar refractivity (Wildman–Crippen MR) is 575 cm³/mol. The minimum atomic E-state index is 0.866. The van der Waals surface area contributed by atoms with E-state index in [1.165, 1.54) is 120 Å². The first-order valence-corrected chi connectivity index (χ1v) is 46.9. The average molecular weight is 1760 g/mol. The molecule has 0 aliphatic rings.